The van der Waals surface area contributed by atoms with Crippen LogP contribution in [0, 0.1) is 0 Å². The van der Waals surface area contributed by atoms with Crippen LogP contribution in [-0.4, -0.2) is 35.7 Å². The second-order valence-electron chi connectivity index (χ2n) is 8.28. The van der Waals surface area contributed by atoms with Crippen molar-refractivity contribution in [1.82, 2.24) is 0 Å². The van der Waals surface area contributed by atoms with E-state index in [-0.39, 0.29) is 40.5 Å². The van der Waals surface area contributed by atoms with Crippen LogP contribution in [-0.2, 0) is 19.1 Å². The zero-order chi connectivity index (χ0) is 28.4. The number of benzene rings is 3. The van der Waals surface area contributed by atoms with Gasteiger partial charge >= 0.3 is 5.97 Å². The molecule has 1 aliphatic rings. The maximum atomic E-state index is 12.1. The summed E-state index contributed by atoms with van der Waals surface area (Å²) in [5, 5.41) is 12.2. The summed E-state index contributed by atoms with van der Waals surface area (Å²) in [5.41, 5.74) is 2.06. The highest BCUT2D eigenvalue weighted by atomic mass is 16.5. The number of phenols is 1. The van der Waals surface area contributed by atoms with Crippen molar-refractivity contribution in [1.29, 1.82) is 0 Å². The van der Waals surface area contributed by atoms with E-state index in [0.717, 1.165) is 5.56 Å². The van der Waals surface area contributed by atoms with E-state index < -0.39 is 5.97 Å². The second kappa shape index (κ2) is 13.3. The lowest BCUT2D eigenvalue weighted by Gasteiger charge is -2.18. The SMILES string of the molecule is C=CC(C1=CC(=O)C(OC)=CC1=O)c1ccccc1.CC(=O)Nc1ccc(OC(=O)c2ccccc2O)cc1. The molecule has 8 heteroatoms. The molecule has 198 valence electrons. The molecule has 8 nitrogen and oxygen atoms in total. The maximum Gasteiger partial charge on any atom is 0.347 e. The van der Waals surface area contributed by atoms with Gasteiger partial charge in [0, 0.05) is 30.2 Å². The number of rotatable bonds is 7. The number of carbonyl (C=O) groups is 4. The molecule has 1 aliphatic carbocycles. The Labute approximate surface area is 225 Å². The van der Waals surface area contributed by atoms with E-state index >= 15 is 0 Å². The molecule has 39 heavy (non-hydrogen) atoms. The summed E-state index contributed by atoms with van der Waals surface area (Å²) >= 11 is 0. The van der Waals surface area contributed by atoms with Gasteiger partial charge in [0.05, 0.1) is 7.11 Å². The molecule has 1 unspecified atom stereocenters. The molecule has 0 fully saturated rings. The Bertz CT molecular complexity index is 1440. The van der Waals surface area contributed by atoms with E-state index in [1.54, 1.807) is 42.5 Å². The van der Waals surface area contributed by atoms with Gasteiger partial charge in [0.1, 0.15) is 17.1 Å². The standard InChI is InChI=1S/C16H14O3.C15H13NO4/c1-3-12(11-7-5-4-6-8-11)13-9-15(18)16(19-2)10-14(13)17;1-10(17)16-11-6-8-12(9-7-11)20-15(19)13-4-2-3-5-14(13)18/h3-10,12H,1H2,2H3;2-9,18H,1H3,(H,16,17). The summed E-state index contributed by atoms with van der Waals surface area (Å²) in [4.78, 5) is 46.6. The van der Waals surface area contributed by atoms with Crippen LogP contribution in [0.25, 0.3) is 0 Å². The van der Waals surface area contributed by atoms with E-state index in [0.29, 0.717) is 17.0 Å². The van der Waals surface area contributed by atoms with Crippen LogP contribution in [0.5, 0.6) is 11.5 Å². The van der Waals surface area contributed by atoms with E-state index in [4.69, 9.17) is 9.47 Å². The van der Waals surface area contributed by atoms with E-state index in [9.17, 15) is 24.3 Å². The van der Waals surface area contributed by atoms with Crippen molar-refractivity contribution in [3.63, 3.8) is 0 Å². The normalized spacial score (nSPS) is 13.1. The van der Waals surface area contributed by atoms with Crippen LogP contribution < -0.4 is 10.1 Å². The van der Waals surface area contributed by atoms with Gasteiger partial charge in [0.2, 0.25) is 11.7 Å². The molecule has 3 aromatic rings. The lowest BCUT2D eigenvalue weighted by molar-refractivity contribution is -0.117. The number of allylic oxidation sites excluding steroid dienone is 4. The van der Waals surface area contributed by atoms with E-state index in [1.807, 2.05) is 30.3 Å². The zero-order valence-corrected chi connectivity index (χ0v) is 21.4. The molecule has 0 spiro atoms. The monoisotopic (exact) mass is 525 g/mol. The molecule has 0 aliphatic heterocycles. The fourth-order valence-electron chi connectivity index (χ4n) is 3.68. The molecule has 4 rings (SSSR count). The molecule has 0 radical (unpaired) electrons. The van der Waals surface area contributed by atoms with Gasteiger partial charge in [0.25, 0.3) is 0 Å². The number of hydrogen-bond acceptors (Lipinski definition) is 7. The number of aromatic hydroxyl groups is 1. The van der Waals surface area contributed by atoms with Crippen molar-refractivity contribution < 1.29 is 33.8 Å². The number of nitrogens with one attached hydrogen (secondary N) is 1. The topological polar surface area (TPSA) is 119 Å². The Hall–Kier alpha value is -5.24. The summed E-state index contributed by atoms with van der Waals surface area (Å²) in [6.07, 6.45) is 4.23. The van der Waals surface area contributed by atoms with Gasteiger partial charge in [-0.1, -0.05) is 48.5 Å². The molecule has 2 N–H and O–H groups in total. The highest BCUT2D eigenvalue weighted by molar-refractivity contribution is 6.19. The molecule has 1 atom stereocenters. The van der Waals surface area contributed by atoms with Gasteiger partial charge < -0.3 is 19.9 Å². The zero-order valence-electron chi connectivity index (χ0n) is 21.4. The van der Waals surface area contributed by atoms with E-state index in [2.05, 4.69) is 11.9 Å². The predicted molar refractivity (Wildman–Crippen MR) is 146 cm³/mol. The second-order valence-corrected chi connectivity index (χ2v) is 8.28. The van der Waals surface area contributed by atoms with Gasteiger partial charge in [-0.2, -0.15) is 0 Å². The van der Waals surface area contributed by atoms with Crippen LogP contribution >= 0.6 is 0 Å². The smallest absolute Gasteiger partial charge is 0.347 e. The number of para-hydroxylation sites is 1. The van der Waals surface area contributed by atoms with Crippen molar-refractivity contribution >= 4 is 29.1 Å². The molecule has 0 aromatic heterocycles. The number of ketones is 2. The van der Waals surface area contributed by atoms with Crippen molar-refractivity contribution in [2.24, 2.45) is 0 Å². The Morgan fingerprint density at radius 1 is 0.897 bits per heavy atom. The number of ether oxygens (including phenoxy) is 2. The number of phenolic OH excluding ortho intramolecular Hbond substituents is 1. The minimum Gasteiger partial charge on any atom is -0.507 e. The molecule has 0 saturated heterocycles. The number of amides is 1. The first-order valence-electron chi connectivity index (χ1n) is 11.8. The average Bonchev–Trinajstić information content (AvgIpc) is 2.93. The number of hydrogen-bond donors (Lipinski definition) is 2. The Balaban J connectivity index is 0.000000216. The first-order valence-corrected chi connectivity index (χ1v) is 11.8. The quantitative estimate of drug-likeness (QED) is 0.190. The highest BCUT2D eigenvalue weighted by Crippen LogP contribution is 2.29. The maximum absolute atomic E-state index is 12.1. The summed E-state index contributed by atoms with van der Waals surface area (Å²) in [6.45, 7) is 5.16. The fraction of sp³-hybridized carbons (Fsp3) is 0.0968. The summed E-state index contributed by atoms with van der Waals surface area (Å²) < 4.78 is 9.99. The van der Waals surface area contributed by atoms with Crippen LogP contribution in [0.15, 0.2) is 115 Å². The number of carbonyl (C=O) groups excluding carboxylic acids is 4. The van der Waals surface area contributed by atoms with Gasteiger partial charge in [0.15, 0.2) is 11.5 Å². The van der Waals surface area contributed by atoms with Crippen LogP contribution in [0.2, 0.25) is 0 Å². The van der Waals surface area contributed by atoms with Crippen molar-refractivity contribution in [3.05, 3.63) is 126 Å². The van der Waals surface area contributed by atoms with Crippen LogP contribution in [0.3, 0.4) is 0 Å². The highest BCUT2D eigenvalue weighted by Gasteiger charge is 2.26. The van der Waals surface area contributed by atoms with Crippen LogP contribution in [0.4, 0.5) is 5.69 Å². The molecule has 3 aromatic carbocycles. The minimum atomic E-state index is -0.643. The van der Waals surface area contributed by atoms with Gasteiger partial charge in [-0.25, -0.2) is 4.79 Å². The first-order chi connectivity index (χ1) is 18.7. The Morgan fingerprint density at radius 2 is 1.54 bits per heavy atom. The third-order valence-electron chi connectivity index (χ3n) is 5.53. The van der Waals surface area contributed by atoms with Gasteiger partial charge in [-0.3, -0.25) is 14.4 Å². The van der Waals surface area contributed by atoms with Crippen molar-refractivity contribution in [2.45, 2.75) is 12.8 Å². The number of esters is 1. The van der Waals surface area contributed by atoms with E-state index in [1.165, 1.54) is 38.3 Å². The average molecular weight is 526 g/mol. The summed E-state index contributed by atoms with van der Waals surface area (Å²) in [5.74, 6) is -1.35. The molecule has 0 heterocycles. The first kappa shape index (κ1) is 28.3. The molecular weight excluding hydrogens is 498 g/mol. The third-order valence-corrected chi connectivity index (χ3v) is 5.53. The fourth-order valence-corrected chi connectivity index (χ4v) is 3.68. The third kappa shape index (κ3) is 7.62. The van der Waals surface area contributed by atoms with Crippen molar-refractivity contribution in [3.8, 4) is 11.5 Å². The van der Waals surface area contributed by atoms with Crippen LogP contribution in [0.1, 0.15) is 28.8 Å². The Morgan fingerprint density at radius 3 is 2.13 bits per heavy atom. The largest absolute Gasteiger partial charge is 0.507 e. The van der Waals surface area contributed by atoms with Crippen molar-refractivity contribution in [2.75, 3.05) is 12.4 Å². The number of anilines is 1. The lowest BCUT2D eigenvalue weighted by atomic mass is 9.85. The molecule has 1 amide bonds. The minimum absolute atomic E-state index is 0.0737. The molecule has 0 saturated carbocycles. The van der Waals surface area contributed by atoms with Gasteiger partial charge in [-0.15, -0.1) is 6.58 Å². The Kier molecular flexibility index (Phi) is 9.70. The van der Waals surface area contributed by atoms with Gasteiger partial charge in [-0.05, 0) is 48.0 Å². The lowest BCUT2D eigenvalue weighted by Crippen LogP contribution is -2.18. The predicted octanol–water partition coefficient (Wildman–Crippen LogP) is 5.13. The molecular formula is C31H27NO7. The number of methoxy groups -OCH3 is 1. The summed E-state index contributed by atoms with van der Waals surface area (Å²) in [6, 6.07) is 22.0. The summed E-state index contributed by atoms with van der Waals surface area (Å²) in [7, 11) is 1.37. The molecule has 0 bridgehead atoms.